The molecule has 0 amide bonds. The van der Waals surface area contributed by atoms with Gasteiger partial charge in [-0.05, 0) is 72.6 Å². The topological polar surface area (TPSA) is 101 Å². The Balaban J connectivity index is 2.22. The number of phenols is 2. The fourth-order valence-corrected chi connectivity index (χ4v) is 3.74. The lowest BCUT2D eigenvalue weighted by molar-refractivity contribution is 0.151. The van der Waals surface area contributed by atoms with Crippen molar-refractivity contribution in [1.82, 2.24) is 0 Å². The summed E-state index contributed by atoms with van der Waals surface area (Å²) in [6.07, 6.45) is 3.94. The second-order valence-corrected chi connectivity index (χ2v) is 6.99. The van der Waals surface area contributed by atoms with Crippen LogP contribution in [0.5, 0.6) is 11.5 Å². The van der Waals surface area contributed by atoms with Crippen LogP contribution in [-0.2, 0) is 26.1 Å². The monoisotopic (exact) mass is 358 g/mol. The number of aliphatic hydroxyl groups excluding tert-OH is 3. The average Bonchev–Trinajstić information content (AvgIpc) is 2.65. The minimum Gasteiger partial charge on any atom is -0.507 e. The molecule has 1 atom stereocenters. The average molecular weight is 358 g/mol. The molecule has 0 saturated heterocycles. The zero-order chi connectivity index (χ0) is 18.7. The van der Waals surface area contributed by atoms with Gasteiger partial charge in [0.1, 0.15) is 11.5 Å². The molecule has 0 spiro atoms. The summed E-state index contributed by atoms with van der Waals surface area (Å²) in [5.41, 5.74) is 3.59. The van der Waals surface area contributed by atoms with Gasteiger partial charge in [-0.2, -0.15) is 0 Å². The van der Waals surface area contributed by atoms with Gasteiger partial charge < -0.3 is 25.5 Å². The Hall–Kier alpha value is -2.08. The molecule has 0 saturated carbocycles. The molecule has 4 bridgehead atoms. The van der Waals surface area contributed by atoms with Crippen molar-refractivity contribution in [3.63, 3.8) is 0 Å². The van der Waals surface area contributed by atoms with E-state index in [2.05, 4.69) is 0 Å². The number of aromatic hydroxyl groups is 2. The summed E-state index contributed by atoms with van der Waals surface area (Å²) in [4.78, 5) is 0. The summed E-state index contributed by atoms with van der Waals surface area (Å²) in [5, 5.41) is 50.7. The lowest BCUT2D eigenvalue weighted by atomic mass is 9.89. The molecule has 5 nitrogen and oxygen atoms in total. The minimum absolute atomic E-state index is 0.00589. The van der Waals surface area contributed by atoms with Gasteiger partial charge in [0.05, 0.1) is 19.3 Å². The first-order valence-electron chi connectivity index (χ1n) is 9.13. The highest BCUT2D eigenvalue weighted by Gasteiger charge is 2.20. The molecule has 26 heavy (non-hydrogen) atoms. The van der Waals surface area contributed by atoms with Gasteiger partial charge in [-0.1, -0.05) is 12.5 Å². The summed E-state index contributed by atoms with van der Waals surface area (Å²) >= 11 is 0. The molecule has 1 aliphatic carbocycles. The number of phenolic OH excluding ortho intramolecular Hbond substituents is 1. The molecule has 5 N–H and O–H groups in total. The molecule has 0 aromatic heterocycles. The predicted molar refractivity (Wildman–Crippen MR) is 98.9 cm³/mol. The van der Waals surface area contributed by atoms with Gasteiger partial charge in [0, 0.05) is 11.1 Å². The lowest BCUT2D eigenvalue weighted by Crippen LogP contribution is -2.08. The number of benzene rings is 2. The van der Waals surface area contributed by atoms with Crippen molar-refractivity contribution < 1.29 is 25.5 Å². The summed E-state index contributed by atoms with van der Waals surface area (Å²) < 4.78 is 0. The Bertz CT molecular complexity index is 784. The standard InChI is InChI=1S/C21H26O5/c22-11-18-16-10-14(21(26)19(18)12-23)3-1-2-4-15(24)7-5-13-6-8-20(25)17(16)9-13/h6,8-10,15,22-26H,1-5,7,11-12H2/t15-/m0/s1. The molecule has 2 aromatic rings. The molecule has 3 rings (SSSR count). The first-order valence-corrected chi connectivity index (χ1v) is 9.13. The van der Waals surface area contributed by atoms with Gasteiger partial charge >= 0.3 is 0 Å². The third-order valence-corrected chi connectivity index (χ3v) is 5.27. The van der Waals surface area contributed by atoms with Crippen LogP contribution in [0, 0.1) is 0 Å². The van der Waals surface area contributed by atoms with E-state index in [4.69, 9.17) is 0 Å². The maximum atomic E-state index is 10.5. The zero-order valence-corrected chi connectivity index (χ0v) is 14.8. The van der Waals surface area contributed by atoms with E-state index in [9.17, 15) is 25.5 Å². The third-order valence-electron chi connectivity index (χ3n) is 5.27. The van der Waals surface area contributed by atoms with Gasteiger partial charge in [0.15, 0.2) is 0 Å². The molecule has 2 aromatic carbocycles. The summed E-state index contributed by atoms with van der Waals surface area (Å²) in [6, 6.07) is 7.10. The van der Waals surface area contributed by atoms with E-state index in [1.54, 1.807) is 12.1 Å². The van der Waals surface area contributed by atoms with Crippen LogP contribution >= 0.6 is 0 Å². The van der Waals surface area contributed by atoms with E-state index < -0.39 is 0 Å². The van der Waals surface area contributed by atoms with Crippen molar-refractivity contribution >= 4 is 0 Å². The Morgan fingerprint density at radius 3 is 2.35 bits per heavy atom. The zero-order valence-electron chi connectivity index (χ0n) is 14.8. The van der Waals surface area contributed by atoms with Crippen LogP contribution in [0.4, 0.5) is 0 Å². The highest BCUT2D eigenvalue weighted by Crippen LogP contribution is 2.40. The number of hydrogen-bond donors (Lipinski definition) is 5. The van der Waals surface area contributed by atoms with E-state index in [-0.39, 0.29) is 30.8 Å². The summed E-state index contributed by atoms with van der Waals surface area (Å²) in [5.74, 6) is 0.0887. The van der Waals surface area contributed by atoms with Crippen LogP contribution in [-0.4, -0.2) is 31.6 Å². The van der Waals surface area contributed by atoms with Crippen LogP contribution in [0.2, 0.25) is 0 Å². The second-order valence-electron chi connectivity index (χ2n) is 6.99. The second kappa shape index (κ2) is 8.08. The molecule has 0 aliphatic heterocycles. The molecule has 0 radical (unpaired) electrons. The van der Waals surface area contributed by atoms with Gasteiger partial charge in [0.2, 0.25) is 0 Å². The van der Waals surface area contributed by atoms with E-state index in [1.807, 2.05) is 12.1 Å². The van der Waals surface area contributed by atoms with E-state index >= 15 is 0 Å². The van der Waals surface area contributed by atoms with Crippen LogP contribution in [0.1, 0.15) is 47.9 Å². The van der Waals surface area contributed by atoms with Crippen molar-refractivity contribution in [2.24, 2.45) is 0 Å². The lowest BCUT2D eigenvalue weighted by Gasteiger charge is -2.18. The normalized spacial score (nSPS) is 17.9. The molecule has 5 heteroatoms. The number of aliphatic hydroxyl groups is 3. The van der Waals surface area contributed by atoms with Gasteiger partial charge in [-0.3, -0.25) is 0 Å². The van der Waals surface area contributed by atoms with E-state index in [0.717, 1.165) is 18.4 Å². The van der Waals surface area contributed by atoms with Gasteiger partial charge in [0.25, 0.3) is 0 Å². The van der Waals surface area contributed by atoms with Crippen molar-refractivity contribution in [2.45, 2.75) is 57.8 Å². The highest BCUT2D eigenvalue weighted by molar-refractivity contribution is 5.77. The largest absolute Gasteiger partial charge is 0.507 e. The van der Waals surface area contributed by atoms with E-state index in [1.165, 1.54) is 0 Å². The van der Waals surface area contributed by atoms with Crippen molar-refractivity contribution in [1.29, 1.82) is 0 Å². The Morgan fingerprint density at radius 2 is 1.62 bits per heavy atom. The molecule has 1 aliphatic rings. The van der Waals surface area contributed by atoms with Crippen molar-refractivity contribution in [2.75, 3.05) is 0 Å². The van der Waals surface area contributed by atoms with Crippen LogP contribution in [0.15, 0.2) is 24.3 Å². The smallest absolute Gasteiger partial charge is 0.124 e. The molecule has 140 valence electrons. The predicted octanol–water partition coefficient (Wildman–Crippen LogP) is 2.77. The Kier molecular flexibility index (Phi) is 5.81. The molecule has 0 unspecified atom stereocenters. The van der Waals surface area contributed by atoms with Gasteiger partial charge in [-0.15, -0.1) is 0 Å². The number of rotatable bonds is 2. The third kappa shape index (κ3) is 3.70. The summed E-state index contributed by atoms with van der Waals surface area (Å²) in [6.45, 7) is -0.733. The minimum atomic E-state index is -0.387. The van der Waals surface area contributed by atoms with Crippen LogP contribution in [0.3, 0.4) is 0 Å². The molecule has 0 fully saturated rings. The van der Waals surface area contributed by atoms with Crippen LogP contribution in [0.25, 0.3) is 11.1 Å². The molecular formula is C21H26O5. The first-order chi connectivity index (χ1) is 12.5. The summed E-state index contributed by atoms with van der Waals surface area (Å²) in [7, 11) is 0. The number of fused-ring (bicyclic) bond motifs is 5. The fraction of sp³-hybridized carbons (Fsp3) is 0.429. The highest BCUT2D eigenvalue weighted by atomic mass is 16.3. The maximum absolute atomic E-state index is 10.5. The quantitative estimate of drug-likeness (QED) is 0.568. The van der Waals surface area contributed by atoms with Crippen molar-refractivity contribution in [3.05, 3.63) is 46.5 Å². The van der Waals surface area contributed by atoms with Crippen molar-refractivity contribution in [3.8, 4) is 22.6 Å². The first kappa shape index (κ1) is 18.7. The Morgan fingerprint density at radius 1 is 0.846 bits per heavy atom. The van der Waals surface area contributed by atoms with Crippen LogP contribution < -0.4 is 0 Å². The number of aryl methyl sites for hydroxylation is 2. The fourth-order valence-electron chi connectivity index (χ4n) is 3.74. The Labute approximate surface area is 153 Å². The number of hydrogen-bond acceptors (Lipinski definition) is 5. The van der Waals surface area contributed by atoms with Gasteiger partial charge in [-0.25, -0.2) is 0 Å². The molecule has 0 heterocycles. The SMILES string of the molecule is OCc1c2cc(c(O)c1CO)CCCC[C@H](O)CCc1ccc(O)c-2c1. The maximum Gasteiger partial charge on any atom is 0.124 e. The van der Waals surface area contributed by atoms with E-state index in [0.29, 0.717) is 53.5 Å². The molecular weight excluding hydrogens is 332 g/mol.